The van der Waals surface area contributed by atoms with Crippen molar-refractivity contribution in [3.63, 3.8) is 0 Å². The van der Waals surface area contributed by atoms with Gasteiger partial charge < -0.3 is 24.6 Å². The number of aromatic nitrogens is 2. The molecule has 3 aromatic rings. The van der Waals surface area contributed by atoms with Crippen LogP contribution in [0.25, 0.3) is 0 Å². The molecule has 34 heavy (non-hydrogen) atoms. The van der Waals surface area contributed by atoms with E-state index in [1.165, 1.54) is 54.5 Å². The summed E-state index contributed by atoms with van der Waals surface area (Å²) < 4.78 is 32.0. The molecule has 0 fully saturated rings. The molecular weight excluding hydrogens is 461 g/mol. The van der Waals surface area contributed by atoms with E-state index in [1.54, 1.807) is 13.8 Å². The number of nitrogens with one attached hydrogen (secondary N) is 1. The van der Waals surface area contributed by atoms with Gasteiger partial charge >= 0.3 is 0 Å². The normalized spacial score (nSPS) is 13.8. The third kappa shape index (κ3) is 5.95. The minimum atomic E-state index is -0.548. The predicted octanol–water partition coefficient (Wildman–Crippen LogP) is 4.60. The number of nitrogens with zero attached hydrogens (tertiary/aromatic N) is 2. The van der Waals surface area contributed by atoms with E-state index in [0.29, 0.717) is 18.1 Å². The number of thioether (sulfide) groups is 1. The van der Waals surface area contributed by atoms with Crippen LogP contribution in [0.2, 0.25) is 0 Å². The Bertz CT molecular complexity index is 1180. The summed E-state index contributed by atoms with van der Waals surface area (Å²) in [4.78, 5) is 21.8. The van der Waals surface area contributed by atoms with Crippen LogP contribution in [0.15, 0.2) is 47.6 Å². The Morgan fingerprint density at radius 1 is 1.24 bits per heavy atom. The highest BCUT2D eigenvalue weighted by Gasteiger charge is 2.18. The molecule has 1 aromatic heterocycles. The minimum absolute atomic E-state index is 0.0376. The molecule has 2 aromatic carbocycles. The fourth-order valence-electron chi connectivity index (χ4n) is 3.12. The molecule has 0 aliphatic carbocycles. The number of halogens is 1. The maximum Gasteiger partial charge on any atom is 0.257 e. The SMILES string of the molecule is Cc1cnc(NC(=O)c2cc(Oc3cc4c(cc3F)SCCCO4)cc(OC(C)CO)c2)cn1. The molecule has 0 radical (unpaired) electrons. The van der Waals surface area contributed by atoms with Crippen LogP contribution in [0.1, 0.15) is 29.4 Å². The molecule has 178 valence electrons. The predicted molar refractivity (Wildman–Crippen MR) is 126 cm³/mol. The number of aliphatic hydroxyl groups is 1. The molecule has 1 aliphatic rings. The monoisotopic (exact) mass is 485 g/mol. The maximum absolute atomic E-state index is 14.8. The number of aliphatic hydroxyl groups excluding tert-OH is 1. The number of anilines is 1. The van der Waals surface area contributed by atoms with Crippen molar-refractivity contribution in [2.24, 2.45) is 0 Å². The molecule has 2 N–H and O–H groups in total. The lowest BCUT2D eigenvalue weighted by atomic mass is 10.2. The van der Waals surface area contributed by atoms with Crippen molar-refractivity contribution in [3.05, 3.63) is 59.8 Å². The van der Waals surface area contributed by atoms with E-state index in [9.17, 15) is 14.3 Å². The van der Waals surface area contributed by atoms with Crippen molar-refractivity contribution in [1.82, 2.24) is 9.97 Å². The Morgan fingerprint density at radius 2 is 2.06 bits per heavy atom. The van der Waals surface area contributed by atoms with Crippen molar-refractivity contribution < 1.29 is 28.5 Å². The van der Waals surface area contributed by atoms with E-state index < -0.39 is 17.8 Å². The molecular formula is C24H24FN3O5S. The van der Waals surface area contributed by atoms with Gasteiger partial charge in [0.15, 0.2) is 17.4 Å². The zero-order chi connectivity index (χ0) is 24.1. The summed E-state index contributed by atoms with van der Waals surface area (Å²) in [5.74, 6) is 1.07. The van der Waals surface area contributed by atoms with Crippen LogP contribution in [0.3, 0.4) is 0 Å². The lowest BCUT2D eigenvalue weighted by Crippen LogP contribution is -2.17. The first-order chi connectivity index (χ1) is 16.4. The number of carbonyl (C=O) groups excluding carboxylic acids is 1. The van der Waals surface area contributed by atoms with Crippen LogP contribution in [0.4, 0.5) is 10.2 Å². The minimum Gasteiger partial charge on any atom is -0.492 e. The van der Waals surface area contributed by atoms with Gasteiger partial charge in [-0.05, 0) is 38.5 Å². The van der Waals surface area contributed by atoms with E-state index in [-0.39, 0.29) is 35.2 Å². The van der Waals surface area contributed by atoms with Crippen LogP contribution in [-0.2, 0) is 0 Å². The van der Waals surface area contributed by atoms with Gasteiger partial charge in [-0.25, -0.2) is 9.37 Å². The standard InChI is InChI=1S/C24H24FN3O5S/c1-14-11-27-23(12-26-14)28-24(30)16-6-17(32-15(2)13-29)8-18(7-16)33-20-10-21-22(9-19(20)25)34-5-3-4-31-21/h6-12,15,29H,3-5,13H2,1-2H3,(H,27,28,30). The summed E-state index contributed by atoms with van der Waals surface area (Å²) in [6.07, 6.45) is 3.32. The molecule has 1 amide bonds. The van der Waals surface area contributed by atoms with E-state index >= 15 is 0 Å². The van der Waals surface area contributed by atoms with E-state index in [2.05, 4.69) is 15.3 Å². The Morgan fingerprint density at radius 3 is 2.82 bits per heavy atom. The van der Waals surface area contributed by atoms with Crippen molar-refractivity contribution >= 4 is 23.5 Å². The van der Waals surface area contributed by atoms with Gasteiger partial charge in [-0.15, -0.1) is 11.8 Å². The van der Waals surface area contributed by atoms with E-state index in [0.717, 1.165) is 17.1 Å². The van der Waals surface area contributed by atoms with Crippen molar-refractivity contribution in [2.75, 3.05) is 24.3 Å². The Labute approximate surface area is 200 Å². The lowest BCUT2D eigenvalue weighted by molar-refractivity contribution is 0.102. The molecule has 8 nitrogen and oxygen atoms in total. The lowest BCUT2D eigenvalue weighted by Gasteiger charge is -2.16. The highest BCUT2D eigenvalue weighted by atomic mass is 32.2. The average Bonchev–Trinajstić information content (AvgIpc) is 3.05. The summed E-state index contributed by atoms with van der Waals surface area (Å²) in [5.41, 5.74) is 0.911. The molecule has 1 atom stereocenters. The second-order valence-electron chi connectivity index (χ2n) is 7.68. The first-order valence-electron chi connectivity index (χ1n) is 10.7. The van der Waals surface area contributed by atoms with Gasteiger partial charge in [0.25, 0.3) is 5.91 Å². The first kappa shape index (κ1) is 23.8. The van der Waals surface area contributed by atoms with Crippen LogP contribution >= 0.6 is 11.8 Å². The van der Waals surface area contributed by atoms with Gasteiger partial charge in [-0.1, -0.05) is 0 Å². The number of benzene rings is 2. The van der Waals surface area contributed by atoms with Crippen LogP contribution in [0, 0.1) is 12.7 Å². The second kappa shape index (κ2) is 10.7. The summed E-state index contributed by atoms with van der Waals surface area (Å²) in [7, 11) is 0. The van der Waals surface area contributed by atoms with Crippen molar-refractivity contribution in [3.8, 4) is 23.0 Å². The molecule has 0 bridgehead atoms. The number of hydrogen-bond donors (Lipinski definition) is 2. The largest absolute Gasteiger partial charge is 0.492 e. The van der Waals surface area contributed by atoms with E-state index in [1.807, 2.05) is 0 Å². The molecule has 1 aliphatic heterocycles. The maximum atomic E-state index is 14.8. The van der Waals surface area contributed by atoms with E-state index in [4.69, 9.17) is 14.2 Å². The second-order valence-corrected chi connectivity index (χ2v) is 8.82. The highest BCUT2D eigenvalue weighted by molar-refractivity contribution is 7.99. The number of amides is 1. The smallest absolute Gasteiger partial charge is 0.257 e. The zero-order valence-electron chi connectivity index (χ0n) is 18.7. The fourth-order valence-corrected chi connectivity index (χ4v) is 4.04. The highest BCUT2D eigenvalue weighted by Crippen LogP contribution is 2.39. The number of carbonyl (C=O) groups is 1. The number of fused-ring (bicyclic) bond motifs is 1. The third-order valence-electron chi connectivity index (χ3n) is 4.79. The zero-order valence-corrected chi connectivity index (χ0v) is 19.5. The third-order valence-corrected chi connectivity index (χ3v) is 5.91. The number of ether oxygens (including phenoxy) is 3. The topological polar surface area (TPSA) is 103 Å². The molecule has 0 saturated carbocycles. The average molecular weight is 486 g/mol. The van der Waals surface area contributed by atoms with Crippen molar-refractivity contribution in [1.29, 1.82) is 0 Å². The summed E-state index contributed by atoms with van der Waals surface area (Å²) in [6.45, 7) is 3.78. The Hall–Kier alpha value is -3.37. The fraction of sp³-hybridized carbons (Fsp3) is 0.292. The van der Waals surface area contributed by atoms with Gasteiger partial charge in [0.05, 0.1) is 36.2 Å². The van der Waals surface area contributed by atoms with Gasteiger partial charge in [0.2, 0.25) is 0 Å². The molecule has 2 heterocycles. The summed E-state index contributed by atoms with van der Waals surface area (Å²) >= 11 is 1.53. The molecule has 4 rings (SSSR count). The van der Waals surface area contributed by atoms with Gasteiger partial charge in [-0.3, -0.25) is 9.78 Å². The molecule has 0 saturated heterocycles. The molecule has 1 unspecified atom stereocenters. The van der Waals surface area contributed by atoms with Gasteiger partial charge in [0.1, 0.15) is 23.4 Å². The Kier molecular flexibility index (Phi) is 7.49. The summed E-state index contributed by atoms with van der Waals surface area (Å²) in [5, 5.41) is 12.0. The number of hydrogen-bond acceptors (Lipinski definition) is 8. The summed E-state index contributed by atoms with van der Waals surface area (Å²) in [6, 6.07) is 7.39. The van der Waals surface area contributed by atoms with Crippen LogP contribution in [-0.4, -0.2) is 46.1 Å². The molecule has 0 spiro atoms. The number of aryl methyl sites for hydroxylation is 1. The quantitative estimate of drug-likeness (QED) is 0.501. The van der Waals surface area contributed by atoms with Crippen molar-refractivity contribution in [2.45, 2.75) is 31.3 Å². The van der Waals surface area contributed by atoms with Gasteiger partial charge in [0, 0.05) is 23.4 Å². The van der Waals surface area contributed by atoms with Crippen LogP contribution < -0.4 is 19.5 Å². The first-order valence-corrected chi connectivity index (χ1v) is 11.7. The molecule has 10 heteroatoms. The van der Waals surface area contributed by atoms with Gasteiger partial charge in [-0.2, -0.15) is 0 Å². The van der Waals surface area contributed by atoms with Crippen LogP contribution in [0.5, 0.6) is 23.0 Å². The Balaban J connectivity index is 1.63. The number of rotatable bonds is 7.